The van der Waals surface area contributed by atoms with Gasteiger partial charge >= 0.3 is 0 Å². The molecule has 0 amide bonds. The van der Waals surface area contributed by atoms with Crippen LogP contribution in [0.15, 0.2) is 46.2 Å². The Morgan fingerprint density at radius 3 is 3.05 bits per heavy atom. The van der Waals surface area contributed by atoms with Crippen LogP contribution in [0.5, 0.6) is 0 Å². The fraction of sp³-hybridized carbons (Fsp3) is 0. The molecule has 1 N–H and O–H groups in total. The average molecular weight is 304 g/mol. The first-order valence-electron chi connectivity index (χ1n) is 5.74. The molecule has 0 radical (unpaired) electrons. The van der Waals surface area contributed by atoms with Gasteiger partial charge in [0.15, 0.2) is 5.82 Å². The normalized spacial score (nSPS) is 11.2. The van der Waals surface area contributed by atoms with E-state index >= 15 is 0 Å². The summed E-state index contributed by atoms with van der Waals surface area (Å²) in [5.74, 6) is 0.144. The van der Waals surface area contributed by atoms with Crippen LogP contribution < -0.4 is 0 Å². The maximum atomic E-state index is 13.3. The lowest BCUT2D eigenvalue weighted by Gasteiger charge is -2.00. The summed E-state index contributed by atoms with van der Waals surface area (Å²) in [7, 11) is 0. The van der Waals surface area contributed by atoms with Gasteiger partial charge in [-0.15, -0.1) is 0 Å². The molecule has 0 fully saturated rings. The second-order valence-electron chi connectivity index (χ2n) is 3.98. The molecule has 0 bridgehead atoms. The fourth-order valence-corrected chi connectivity index (χ4v) is 2.48. The Bertz CT molecular complexity index is 802. The Morgan fingerprint density at radius 2 is 2.30 bits per heavy atom. The van der Waals surface area contributed by atoms with Crippen LogP contribution in [-0.2, 0) is 0 Å². The Kier molecular flexibility index (Phi) is 3.53. The minimum atomic E-state index is -0.329. The third kappa shape index (κ3) is 2.59. The molecule has 0 saturated heterocycles. The molecule has 3 aromatic rings. The van der Waals surface area contributed by atoms with Crippen molar-refractivity contribution in [2.24, 2.45) is 5.10 Å². The lowest BCUT2D eigenvalue weighted by Crippen LogP contribution is -1.94. The van der Waals surface area contributed by atoms with Gasteiger partial charge in [-0.05, 0) is 41.2 Å². The van der Waals surface area contributed by atoms with Gasteiger partial charge in [-0.2, -0.15) is 26.2 Å². The standard InChI is InChI=1S/C13H9FN4S2/c14-11-3-1-2-10(6-11)12-16-17-13(19)18(12)15-7-9-4-5-20-8-9/h1-8H,(H,17,19)/b15-7-. The molecular weight excluding hydrogens is 295 g/mol. The minimum absolute atomic E-state index is 0.329. The lowest BCUT2D eigenvalue weighted by molar-refractivity contribution is 0.628. The number of aromatic amines is 1. The van der Waals surface area contributed by atoms with E-state index in [1.54, 1.807) is 29.7 Å². The number of thiophene rings is 1. The summed E-state index contributed by atoms with van der Waals surface area (Å²) in [5.41, 5.74) is 1.59. The third-order valence-electron chi connectivity index (χ3n) is 2.60. The van der Waals surface area contributed by atoms with Crippen LogP contribution in [-0.4, -0.2) is 21.1 Å². The van der Waals surface area contributed by atoms with E-state index < -0.39 is 0 Å². The van der Waals surface area contributed by atoms with Crippen molar-refractivity contribution in [2.45, 2.75) is 0 Å². The highest BCUT2D eigenvalue weighted by atomic mass is 32.1. The van der Waals surface area contributed by atoms with Gasteiger partial charge in [-0.3, -0.25) is 0 Å². The second-order valence-corrected chi connectivity index (χ2v) is 5.14. The Morgan fingerprint density at radius 1 is 1.40 bits per heavy atom. The van der Waals surface area contributed by atoms with Crippen LogP contribution >= 0.6 is 23.6 Å². The van der Waals surface area contributed by atoms with E-state index in [0.717, 1.165) is 5.56 Å². The van der Waals surface area contributed by atoms with Crippen LogP contribution in [0.2, 0.25) is 0 Å². The molecule has 0 aliphatic carbocycles. The van der Waals surface area contributed by atoms with E-state index in [1.165, 1.54) is 16.8 Å². The van der Waals surface area contributed by atoms with E-state index in [0.29, 0.717) is 16.2 Å². The smallest absolute Gasteiger partial charge is 0.216 e. The van der Waals surface area contributed by atoms with E-state index in [1.807, 2.05) is 16.8 Å². The molecular formula is C13H9FN4S2. The number of hydrogen-bond donors (Lipinski definition) is 1. The molecule has 0 aliphatic heterocycles. The molecule has 1 aromatic carbocycles. The zero-order chi connectivity index (χ0) is 13.9. The van der Waals surface area contributed by atoms with Gasteiger partial charge in [0.05, 0.1) is 6.21 Å². The van der Waals surface area contributed by atoms with Gasteiger partial charge in [0, 0.05) is 11.1 Å². The summed E-state index contributed by atoms with van der Waals surface area (Å²) >= 11 is 6.72. The highest BCUT2D eigenvalue weighted by Crippen LogP contribution is 2.18. The molecule has 0 saturated carbocycles. The SMILES string of the molecule is Fc1cccc(-c2n[nH]c(=S)n2/N=C\c2ccsc2)c1. The van der Waals surface area contributed by atoms with Crippen molar-refractivity contribution in [2.75, 3.05) is 0 Å². The Labute approximate surface area is 123 Å². The maximum Gasteiger partial charge on any atom is 0.216 e. The predicted octanol–water partition coefficient (Wildman–Crippen LogP) is 3.69. The summed E-state index contributed by atoms with van der Waals surface area (Å²) in [6, 6.07) is 8.09. The molecule has 2 aromatic heterocycles. The Balaban J connectivity index is 2.04. The molecule has 0 unspecified atom stereocenters. The summed E-state index contributed by atoms with van der Waals surface area (Å²) in [6.07, 6.45) is 1.69. The number of nitrogens with one attached hydrogen (secondary N) is 1. The first-order chi connectivity index (χ1) is 9.74. The second kappa shape index (κ2) is 5.48. The summed E-state index contributed by atoms with van der Waals surface area (Å²) in [5, 5.41) is 15.0. The Hall–Kier alpha value is -2.12. The van der Waals surface area contributed by atoms with Crippen molar-refractivity contribution in [3.63, 3.8) is 0 Å². The molecule has 3 rings (SSSR count). The molecule has 4 nitrogen and oxygen atoms in total. The lowest BCUT2D eigenvalue weighted by atomic mass is 10.2. The first kappa shape index (κ1) is 12.9. The van der Waals surface area contributed by atoms with Gasteiger partial charge in [0.2, 0.25) is 4.77 Å². The monoisotopic (exact) mass is 304 g/mol. The minimum Gasteiger partial charge on any atom is -0.250 e. The number of rotatable bonds is 3. The molecule has 0 aliphatic rings. The quantitative estimate of drug-likeness (QED) is 0.592. The van der Waals surface area contributed by atoms with Crippen molar-refractivity contribution < 1.29 is 4.39 Å². The van der Waals surface area contributed by atoms with Gasteiger partial charge < -0.3 is 0 Å². The van der Waals surface area contributed by atoms with Gasteiger partial charge in [0.25, 0.3) is 0 Å². The number of aromatic nitrogens is 3. The van der Waals surface area contributed by atoms with Crippen LogP contribution in [0.4, 0.5) is 4.39 Å². The average Bonchev–Trinajstić information content (AvgIpc) is 3.06. The fourth-order valence-electron chi connectivity index (χ4n) is 1.69. The molecule has 20 heavy (non-hydrogen) atoms. The zero-order valence-corrected chi connectivity index (χ0v) is 11.8. The number of halogens is 1. The highest BCUT2D eigenvalue weighted by molar-refractivity contribution is 7.71. The topological polar surface area (TPSA) is 46.0 Å². The van der Waals surface area contributed by atoms with Crippen molar-refractivity contribution in [1.29, 1.82) is 0 Å². The van der Waals surface area contributed by atoms with Crippen molar-refractivity contribution in [1.82, 2.24) is 14.9 Å². The number of hydrogen-bond acceptors (Lipinski definition) is 4. The molecule has 100 valence electrons. The van der Waals surface area contributed by atoms with Crippen LogP contribution in [0.25, 0.3) is 11.4 Å². The number of benzene rings is 1. The van der Waals surface area contributed by atoms with Gasteiger partial charge in [-0.1, -0.05) is 12.1 Å². The van der Waals surface area contributed by atoms with Gasteiger partial charge in [-0.25, -0.2) is 9.49 Å². The maximum absolute atomic E-state index is 13.3. The largest absolute Gasteiger partial charge is 0.250 e. The van der Waals surface area contributed by atoms with Crippen LogP contribution in [0, 0.1) is 10.6 Å². The molecule has 2 heterocycles. The van der Waals surface area contributed by atoms with Crippen LogP contribution in [0.1, 0.15) is 5.56 Å². The van der Waals surface area contributed by atoms with Gasteiger partial charge in [0.1, 0.15) is 5.82 Å². The van der Waals surface area contributed by atoms with E-state index in [4.69, 9.17) is 12.2 Å². The predicted molar refractivity (Wildman–Crippen MR) is 80.1 cm³/mol. The van der Waals surface area contributed by atoms with Crippen molar-refractivity contribution in [3.8, 4) is 11.4 Å². The summed E-state index contributed by atoms with van der Waals surface area (Å²) in [4.78, 5) is 0. The van der Waals surface area contributed by atoms with Crippen molar-refractivity contribution in [3.05, 3.63) is 57.2 Å². The van der Waals surface area contributed by atoms with E-state index in [9.17, 15) is 4.39 Å². The third-order valence-corrected chi connectivity index (χ3v) is 3.56. The molecule has 7 heteroatoms. The van der Waals surface area contributed by atoms with Crippen molar-refractivity contribution >= 4 is 29.8 Å². The molecule has 0 spiro atoms. The number of H-pyrrole nitrogens is 1. The summed E-state index contributed by atoms with van der Waals surface area (Å²) in [6.45, 7) is 0. The first-order valence-corrected chi connectivity index (χ1v) is 7.09. The van der Waals surface area contributed by atoms with E-state index in [-0.39, 0.29) is 5.82 Å². The highest BCUT2D eigenvalue weighted by Gasteiger charge is 2.08. The zero-order valence-electron chi connectivity index (χ0n) is 10.2. The van der Waals surface area contributed by atoms with E-state index in [2.05, 4.69) is 15.3 Å². The van der Waals surface area contributed by atoms with Crippen LogP contribution in [0.3, 0.4) is 0 Å². The number of nitrogens with zero attached hydrogens (tertiary/aromatic N) is 3. The molecule has 0 atom stereocenters. The summed E-state index contributed by atoms with van der Waals surface area (Å²) < 4.78 is 15.1.